The molecule has 0 aliphatic rings. The molecule has 3 aromatic rings. The van der Waals surface area contributed by atoms with Gasteiger partial charge in [-0.25, -0.2) is 18.4 Å². The van der Waals surface area contributed by atoms with Crippen molar-refractivity contribution in [3.8, 4) is 5.95 Å². The summed E-state index contributed by atoms with van der Waals surface area (Å²) in [5.41, 5.74) is 1.46. The van der Waals surface area contributed by atoms with Crippen molar-refractivity contribution in [3.63, 3.8) is 0 Å². The number of nitrogens with one attached hydrogen (secondary N) is 1. The SMILES string of the molecule is Cc1ccc(S(=O)(=O)CCC(=O)Nc2cc(C(C)(C)C)nn2-c2ncccn2)cc1. The number of benzene rings is 1. The number of sulfone groups is 1. The molecule has 0 saturated heterocycles. The topological polar surface area (TPSA) is 107 Å². The molecular formula is C21H25N5O3S. The van der Waals surface area contributed by atoms with Crippen LogP contribution in [0.2, 0.25) is 0 Å². The molecule has 3 rings (SSSR count). The van der Waals surface area contributed by atoms with Crippen LogP contribution in [0.1, 0.15) is 38.4 Å². The highest BCUT2D eigenvalue weighted by molar-refractivity contribution is 7.91. The van der Waals surface area contributed by atoms with E-state index in [0.29, 0.717) is 11.8 Å². The van der Waals surface area contributed by atoms with E-state index >= 15 is 0 Å². The maximum Gasteiger partial charge on any atom is 0.252 e. The second-order valence-electron chi connectivity index (χ2n) is 8.06. The van der Waals surface area contributed by atoms with Gasteiger partial charge in [-0.1, -0.05) is 38.5 Å². The number of hydrogen-bond donors (Lipinski definition) is 1. The molecule has 0 fully saturated rings. The van der Waals surface area contributed by atoms with E-state index in [2.05, 4.69) is 20.4 Å². The van der Waals surface area contributed by atoms with E-state index in [1.54, 1.807) is 48.8 Å². The molecule has 1 amide bonds. The molecule has 2 heterocycles. The minimum Gasteiger partial charge on any atom is -0.310 e. The highest BCUT2D eigenvalue weighted by Gasteiger charge is 2.23. The highest BCUT2D eigenvalue weighted by atomic mass is 32.2. The fourth-order valence-electron chi connectivity index (χ4n) is 2.69. The number of amides is 1. The van der Waals surface area contributed by atoms with Crippen LogP contribution in [0.3, 0.4) is 0 Å². The molecule has 0 aliphatic heterocycles. The summed E-state index contributed by atoms with van der Waals surface area (Å²) in [5, 5.41) is 7.28. The number of anilines is 1. The Morgan fingerprint density at radius 3 is 2.33 bits per heavy atom. The van der Waals surface area contributed by atoms with Gasteiger partial charge in [0.2, 0.25) is 5.91 Å². The summed E-state index contributed by atoms with van der Waals surface area (Å²) in [7, 11) is -3.55. The predicted octanol–water partition coefficient (Wildman–Crippen LogP) is 3.07. The lowest BCUT2D eigenvalue weighted by atomic mass is 9.92. The van der Waals surface area contributed by atoms with Gasteiger partial charge >= 0.3 is 0 Å². The Kier molecular flexibility index (Phi) is 6.02. The first-order valence-corrected chi connectivity index (χ1v) is 11.2. The van der Waals surface area contributed by atoms with Crippen LogP contribution in [-0.2, 0) is 20.0 Å². The summed E-state index contributed by atoms with van der Waals surface area (Å²) in [6.07, 6.45) is 2.99. The van der Waals surface area contributed by atoms with Gasteiger partial charge in [0.15, 0.2) is 9.84 Å². The maximum atomic E-state index is 12.5. The van der Waals surface area contributed by atoms with Crippen molar-refractivity contribution in [1.29, 1.82) is 0 Å². The molecule has 9 heteroatoms. The first-order chi connectivity index (χ1) is 14.1. The average Bonchev–Trinajstić information content (AvgIpc) is 3.12. The highest BCUT2D eigenvalue weighted by Crippen LogP contribution is 2.25. The van der Waals surface area contributed by atoms with Gasteiger partial charge in [-0.05, 0) is 25.1 Å². The van der Waals surface area contributed by atoms with Crippen molar-refractivity contribution in [2.24, 2.45) is 0 Å². The lowest BCUT2D eigenvalue weighted by molar-refractivity contribution is -0.115. The number of aryl methyl sites for hydroxylation is 1. The Hall–Kier alpha value is -3.07. The quantitative estimate of drug-likeness (QED) is 0.648. The molecule has 8 nitrogen and oxygen atoms in total. The van der Waals surface area contributed by atoms with Crippen molar-refractivity contribution in [2.45, 2.75) is 44.4 Å². The average molecular weight is 428 g/mol. The molecule has 0 spiro atoms. The van der Waals surface area contributed by atoms with Gasteiger partial charge in [-0.15, -0.1) is 0 Å². The lowest BCUT2D eigenvalue weighted by Crippen LogP contribution is -2.19. The zero-order chi connectivity index (χ0) is 21.9. The van der Waals surface area contributed by atoms with Gasteiger partial charge in [-0.3, -0.25) is 4.79 Å². The Labute approximate surface area is 176 Å². The van der Waals surface area contributed by atoms with Gasteiger partial charge in [0.25, 0.3) is 5.95 Å². The van der Waals surface area contributed by atoms with Gasteiger partial charge in [0, 0.05) is 30.3 Å². The smallest absolute Gasteiger partial charge is 0.252 e. The monoisotopic (exact) mass is 427 g/mol. The van der Waals surface area contributed by atoms with Crippen LogP contribution in [-0.4, -0.2) is 39.8 Å². The first-order valence-electron chi connectivity index (χ1n) is 9.53. The molecule has 2 aromatic heterocycles. The fourth-order valence-corrected chi connectivity index (χ4v) is 3.93. The number of carbonyl (C=O) groups excluding carboxylic acids is 1. The number of rotatable bonds is 6. The number of carbonyl (C=O) groups is 1. The molecular weight excluding hydrogens is 402 g/mol. The van der Waals surface area contributed by atoms with E-state index in [0.717, 1.165) is 11.3 Å². The molecule has 0 saturated carbocycles. The Bertz CT molecular complexity index is 1130. The minimum atomic E-state index is -3.55. The summed E-state index contributed by atoms with van der Waals surface area (Å²) in [5.74, 6) is -0.00746. The molecule has 0 atom stereocenters. The Morgan fingerprint density at radius 2 is 1.73 bits per heavy atom. The second kappa shape index (κ2) is 8.35. The molecule has 158 valence electrons. The van der Waals surface area contributed by atoms with Crippen LogP contribution in [0.5, 0.6) is 0 Å². The summed E-state index contributed by atoms with van der Waals surface area (Å²) in [4.78, 5) is 21.1. The normalized spacial score (nSPS) is 12.0. The summed E-state index contributed by atoms with van der Waals surface area (Å²) in [6.45, 7) is 7.90. The summed E-state index contributed by atoms with van der Waals surface area (Å²) >= 11 is 0. The van der Waals surface area contributed by atoms with Crippen molar-refractivity contribution in [3.05, 3.63) is 60.0 Å². The van der Waals surface area contributed by atoms with Crippen molar-refractivity contribution >= 4 is 21.6 Å². The van der Waals surface area contributed by atoms with E-state index in [4.69, 9.17) is 0 Å². The van der Waals surface area contributed by atoms with Crippen LogP contribution in [0, 0.1) is 6.92 Å². The number of hydrogen-bond acceptors (Lipinski definition) is 6. The number of nitrogens with zero attached hydrogens (tertiary/aromatic N) is 4. The maximum absolute atomic E-state index is 12.5. The zero-order valence-electron chi connectivity index (χ0n) is 17.5. The third-order valence-corrected chi connectivity index (χ3v) is 6.20. The lowest BCUT2D eigenvalue weighted by Gasteiger charge is -2.13. The largest absolute Gasteiger partial charge is 0.310 e. The molecule has 0 radical (unpaired) electrons. The summed E-state index contributed by atoms with van der Waals surface area (Å²) < 4.78 is 26.5. The first kappa shape index (κ1) is 21.6. The molecule has 0 aliphatic carbocycles. The molecule has 1 aromatic carbocycles. The third kappa shape index (κ3) is 5.10. The Balaban J connectivity index is 1.77. The predicted molar refractivity (Wildman–Crippen MR) is 114 cm³/mol. The van der Waals surface area contributed by atoms with Crippen LogP contribution >= 0.6 is 0 Å². The van der Waals surface area contributed by atoms with Crippen LogP contribution in [0.4, 0.5) is 5.82 Å². The van der Waals surface area contributed by atoms with Gasteiger partial charge < -0.3 is 5.32 Å². The Morgan fingerprint density at radius 1 is 1.10 bits per heavy atom. The van der Waals surface area contributed by atoms with E-state index < -0.39 is 15.7 Å². The molecule has 0 unspecified atom stereocenters. The standard InChI is InChI=1S/C21H25N5O3S/c1-15-6-8-16(9-7-15)30(28,29)13-10-19(27)24-18-14-17(21(2,3)4)25-26(18)20-22-11-5-12-23-20/h5-9,11-12,14H,10,13H2,1-4H3,(H,24,27). The molecule has 1 N–H and O–H groups in total. The van der Waals surface area contributed by atoms with E-state index in [1.807, 2.05) is 27.7 Å². The van der Waals surface area contributed by atoms with Crippen LogP contribution in [0.25, 0.3) is 5.95 Å². The van der Waals surface area contributed by atoms with E-state index in [9.17, 15) is 13.2 Å². The molecule has 0 bridgehead atoms. The van der Waals surface area contributed by atoms with E-state index in [-0.39, 0.29) is 22.5 Å². The zero-order valence-corrected chi connectivity index (χ0v) is 18.3. The second-order valence-corrected chi connectivity index (χ2v) is 10.2. The van der Waals surface area contributed by atoms with Crippen molar-refractivity contribution < 1.29 is 13.2 Å². The van der Waals surface area contributed by atoms with Gasteiger partial charge in [0.1, 0.15) is 5.82 Å². The molecule has 30 heavy (non-hydrogen) atoms. The van der Waals surface area contributed by atoms with Crippen LogP contribution in [0.15, 0.2) is 53.7 Å². The van der Waals surface area contributed by atoms with Crippen molar-refractivity contribution in [2.75, 3.05) is 11.1 Å². The van der Waals surface area contributed by atoms with E-state index in [1.165, 1.54) is 4.68 Å². The van der Waals surface area contributed by atoms with Crippen LogP contribution < -0.4 is 5.32 Å². The minimum absolute atomic E-state index is 0.179. The van der Waals surface area contributed by atoms with Gasteiger partial charge in [-0.2, -0.15) is 9.78 Å². The van der Waals surface area contributed by atoms with Gasteiger partial charge in [0.05, 0.1) is 16.3 Å². The fraction of sp³-hybridized carbons (Fsp3) is 0.333. The van der Waals surface area contributed by atoms with Crippen molar-refractivity contribution in [1.82, 2.24) is 19.7 Å². The number of aromatic nitrogens is 4. The summed E-state index contributed by atoms with van der Waals surface area (Å²) in [6, 6.07) is 10.0. The third-order valence-electron chi connectivity index (χ3n) is 4.46.